The van der Waals surface area contributed by atoms with Crippen molar-refractivity contribution in [1.29, 1.82) is 0 Å². The molecule has 3 aromatic carbocycles. The summed E-state index contributed by atoms with van der Waals surface area (Å²) in [7, 11) is 0. The van der Waals surface area contributed by atoms with Gasteiger partial charge in [0.2, 0.25) is 0 Å². The zero-order valence-corrected chi connectivity index (χ0v) is 21.6. The molecule has 1 atom stereocenters. The van der Waals surface area contributed by atoms with Gasteiger partial charge in [0.15, 0.2) is 0 Å². The third-order valence-corrected chi connectivity index (χ3v) is 7.24. The minimum absolute atomic E-state index is 0.00968. The van der Waals surface area contributed by atoms with Crippen LogP contribution in [0.3, 0.4) is 0 Å². The number of rotatable bonds is 5. The standard InChI is InChI=1S/C30H32N4O3/c1-4-32-26-10-5-6-11-27(26)34(30(37)29(32)36)20-23-12-14-24(15-13-23)28(35)31-16-17-33(22(3)19-31)25-9-7-8-21(2)18-25/h5-15,18,22H,4,16-17,19-20H2,1-3H3. The lowest BCUT2D eigenvalue weighted by Gasteiger charge is -2.41. The topological polar surface area (TPSA) is 67.5 Å². The number of aromatic nitrogens is 2. The van der Waals surface area contributed by atoms with Crippen LogP contribution in [-0.2, 0) is 13.1 Å². The fourth-order valence-electron chi connectivity index (χ4n) is 5.29. The molecule has 1 aromatic heterocycles. The first kappa shape index (κ1) is 24.6. The van der Waals surface area contributed by atoms with Crippen LogP contribution in [0, 0.1) is 6.92 Å². The smallest absolute Gasteiger partial charge is 0.317 e. The summed E-state index contributed by atoms with van der Waals surface area (Å²) in [6.45, 7) is 8.90. The molecule has 0 saturated carbocycles. The molecule has 37 heavy (non-hydrogen) atoms. The third kappa shape index (κ3) is 4.69. The molecular formula is C30H32N4O3. The fraction of sp³-hybridized carbons (Fsp3) is 0.300. The first-order chi connectivity index (χ1) is 17.9. The summed E-state index contributed by atoms with van der Waals surface area (Å²) >= 11 is 0. The van der Waals surface area contributed by atoms with Gasteiger partial charge in [0.1, 0.15) is 0 Å². The average Bonchev–Trinajstić information content (AvgIpc) is 2.91. The van der Waals surface area contributed by atoms with Crippen LogP contribution in [-0.4, -0.2) is 45.6 Å². The number of hydrogen-bond acceptors (Lipinski definition) is 4. The Morgan fingerprint density at radius 3 is 2.19 bits per heavy atom. The van der Waals surface area contributed by atoms with E-state index in [0.717, 1.165) is 23.1 Å². The van der Waals surface area contributed by atoms with E-state index in [2.05, 4.69) is 43.0 Å². The van der Waals surface area contributed by atoms with Gasteiger partial charge in [-0.1, -0.05) is 36.4 Å². The van der Waals surface area contributed by atoms with Crippen molar-refractivity contribution in [2.24, 2.45) is 0 Å². The highest BCUT2D eigenvalue weighted by atomic mass is 16.2. The molecule has 0 bridgehead atoms. The summed E-state index contributed by atoms with van der Waals surface area (Å²) in [4.78, 5) is 43.1. The molecule has 0 aliphatic carbocycles. The van der Waals surface area contributed by atoms with E-state index in [-0.39, 0.29) is 18.5 Å². The normalized spacial score (nSPS) is 15.8. The number of carbonyl (C=O) groups is 1. The Bertz CT molecular complexity index is 1570. The van der Waals surface area contributed by atoms with Gasteiger partial charge in [-0.2, -0.15) is 0 Å². The van der Waals surface area contributed by atoms with Gasteiger partial charge in [0.25, 0.3) is 5.91 Å². The van der Waals surface area contributed by atoms with Crippen LogP contribution in [0.5, 0.6) is 0 Å². The molecule has 0 spiro atoms. The van der Waals surface area contributed by atoms with Gasteiger partial charge < -0.3 is 14.4 Å². The lowest BCUT2D eigenvalue weighted by Crippen LogP contribution is -2.53. The number of fused-ring (bicyclic) bond motifs is 1. The van der Waals surface area contributed by atoms with Crippen LogP contribution < -0.4 is 16.0 Å². The number of anilines is 1. The van der Waals surface area contributed by atoms with Gasteiger partial charge in [0.05, 0.1) is 17.6 Å². The van der Waals surface area contributed by atoms with Crippen LogP contribution in [0.25, 0.3) is 11.0 Å². The van der Waals surface area contributed by atoms with Gasteiger partial charge in [-0.05, 0) is 68.3 Å². The Labute approximate surface area is 216 Å². The Kier molecular flexibility index (Phi) is 6.70. The minimum atomic E-state index is -0.541. The summed E-state index contributed by atoms with van der Waals surface area (Å²) in [5.41, 5.74) is 4.29. The van der Waals surface area contributed by atoms with Crippen LogP contribution in [0.15, 0.2) is 82.4 Å². The van der Waals surface area contributed by atoms with E-state index in [9.17, 15) is 14.4 Å². The molecule has 1 fully saturated rings. The fourth-order valence-corrected chi connectivity index (χ4v) is 5.29. The van der Waals surface area contributed by atoms with E-state index in [1.165, 1.54) is 20.4 Å². The van der Waals surface area contributed by atoms with Crippen LogP contribution in [0.2, 0.25) is 0 Å². The number of carbonyl (C=O) groups excluding carboxylic acids is 1. The number of para-hydroxylation sites is 2. The van der Waals surface area contributed by atoms with E-state index < -0.39 is 11.1 Å². The maximum absolute atomic E-state index is 13.3. The first-order valence-corrected chi connectivity index (χ1v) is 12.8. The Morgan fingerprint density at radius 2 is 1.54 bits per heavy atom. The molecule has 1 aliphatic heterocycles. The zero-order chi connectivity index (χ0) is 26.1. The molecular weight excluding hydrogens is 464 g/mol. The van der Waals surface area contributed by atoms with Gasteiger partial charge in [-0.25, -0.2) is 0 Å². The minimum Gasteiger partial charge on any atom is -0.365 e. The van der Waals surface area contributed by atoms with Crippen molar-refractivity contribution in [2.75, 3.05) is 24.5 Å². The molecule has 7 heteroatoms. The van der Waals surface area contributed by atoms with Crippen molar-refractivity contribution in [3.05, 3.63) is 110 Å². The second-order valence-corrected chi connectivity index (χ2v) is 9.76. The largest absolute Gasteiger partial charge is 0.365 e. The zero-order valence-electron chi connectivity index (χ0n) is 21.6. The Hall–Kier alpha value is -4.13. The van der Waals surface area contributed by atoms with Gasteiger partial charge in [-0.15, -0.1) is 0 Å². The molecule has 4 aromatic rings. The van der Waals surface area contributed by atoms with Crippen molar-refractivity contribution < 1.29 is 4.79 Å². The van der Waals surface area contributed by atoms with Gasteiger partial charge in [0, 0.05) is 43.5 Å². The number of piperazine rings is 1. The highest BCUT2D eigenvalue weighted by molar-refractivity contribution is 5.94. The molecule has 7 nitrogen and oxygen atoms in total. The number of aryl methyl sites for hydroxylation is 2. The highest BCUT2D eigenvalue weighted by Gasteiger charge is 2.27. The molecule has 1 saturated heterocycles. The van der Waals surface area contributed by atoms with Crippen LogP contribution in [0.1, 0.15) is 35.3 Å². The highest BCUT2D eigenvalue weighted by Crippen LogP contribution is 2.23. The van der Waals surface area contributed by atoms with E-state index in [4.69, 9.17) is 0 Å². The quantitative estimate of drug-likeness (QED) is 0.393. The average molecular weight is 497 g/mol. The van der Waals surface area contributed by atoms with Crippen molar-refractivity contribution in [2.45, 2.75) is 39.9 Å². The van der Waals surface area contributed by atoms with E-state index in [1.54, 1.807) is 0 Å². The predicted molar refractivity (Wildman–Crippen MR) is 148 cm³/mol. The van der Waals surface area contributed by atoms with Gasteiger partial charge >= 0.3 is 11.1 Å². The summed E-state index contributed by atoms with van der Waals surface area (Å²) in [5, 5.41) is 0. The number of hydrogen-bond donors (Lipinski definition) is 0. The molecule has 1 unspecified atom stereocenters. The molecule has 5 rings (SSSR count). The van der Waals surface area contributed by atoms with Crippen molar-refractivity contribution in [3.8, 4) is 0 Å². The maximum atomic E-state index is 13.3. The van der Waals surface area contributed by atoms with E-state index in [0.29, 0.717) is 25.2 Å². The molecule has 1 amide bonds. The van der Waals surface area contributed by atoms with Crippen LogP contribution >= 0.6 is 0 Å². The number of nitrogens with zero attached hydrogens (tertiary/aromatic N) is 4. The molecule has 1 aliphatic rings. The maximum Gasteiger partial charge on any atom is 0.317 e. The van der Waals surface area contributed by atoms with E-state index in [1.807, 2.05) is 60.4 Å². The molecule has 0 N–H and O–H groups in total. The van der Waals surface area contributed by atoms with Crippen molar-refractivity contribution in [3.63, 3.8) is 0 Å². The monoisotopic (exact) mass is 496 g/mol. The first-order valence-electron chi connectivity index (χ1n) is 12.8. The van der Waals surface area contributed by atoms with Gasteiger partial charge in [-0.3, -0.25) is 19.0 Å². The van der Waals surface area contributed by atoms with Crippen LogP contribution in [0.4, 0.5) is 5.69 Å². The predicted octanol–water partition coefficient (Wildman–Crippen LogP) is 3.89. The lowest BCUT2D eigenvalue weighted by molar-refractivity contribution is 0.0726. The SMILES string of the molecule is CCn1c(=O)c(=O)n(Cc2ccc(C(=O)N3CCN(c4cccc(C)c4)C(C)C3)cc2)c2ccccc21. The molecule has 0 radical (unpaired) electrons. The third-order valence-electron chi connectivity index (χ3n) is 7.24. The lowest BCUT2D eigenvalue weighted by atomic mass is 10.1. The van der Waals surface area contributed by atoms with E-state index >= 15 is 0 Å². The summed E-state index contributed by atoms with van der Waals surface area (Å²) in [6, 6.07) is 23.5. The Morgan fingerprint density at radius 1 is 0.865 bits per heavy atom. The van der Waals surface area contributed by atoms with Crippen molar-refractivity contribution in [1.82, 2.24) is 14.0 Å². The molecule has 2 heterocycles. The molecule has 190 valence electrons. The summed E-state index contributed by atoms with van der Waals surface area (Å²) in [6.07, 6.45) is 0. The summed E-state index contributed by atoms with van der Waals surface area (Å²) in [5.74, 6) is 0.00968. The summed E-state index contributed by atoms with van der Waals surface area (Å²) < 4.78 is 3.03. The number of benzene rings is 3. The number of amides is 1. The Balaban J connectivity index is 1.33. The second-order valence-electron chi connectivity index (χ2n) is 9.76. The second kappa shape index (κ2) is 10.1. The van der Waals surface area contributed by atoms with Crippen molar-refractivity contribution >= 4 is 22.6 Å².